The molecule has 0 spiro atoms. The molecule has 0 amide bonds. The highest BCUT2D eigenvalue weighted by Crippen LogP contribution is 2.21. The third kappa shape index (κ3) is 4.77. The normalized spacial score (nSPS) is 11.4. The standard InChI is InChI=1S/C12H14Br2O3/c1-12(2,3)17-16-11(15)8-4-5-9(7-13)10(14)6-8/h4-6H,7H2,1-3H3. The van der Waals surface area contributed by atoms with E-state index in [9.17, 15) is 4.79 Å². The molecule has 0 unspecified atom stereocenters. The van der Waals surface area contributed by atoms with Crippen molar-refractivity contribution in [2.24, 2.45) is 0 Å². The van der Waals surface area contributed by atoms with Crippen LogP contribution in [-0.4, -0.2) is 11.6 Å². The van der Waals surface area contributed by atoms with Crippen molar-refractivity contribution >= 4 is 37.8 Å². The van der Waals surface area contributed by atoms with Crippen molar-refractivity contribution in [2.45, 2.75) is 31.7 Å². The lowest BCUT2D eigenvalue weighted by Gasteiger charge is -2.16. The molecule has 17 heavy (non-hydrogen) atoms. The van der Waals surface area contributed by atoms with Gasteiger partial charge in [0.05, 0.1) is 5.56 Å². The Morgan fingerprint density at radius 1 is 1.35 bits per heavy atom. The summed E-state index contributed by atoms with van der Waals surface area (Å²) in [4.78, 5) is 21.4. The van der Waals surface area contributed by atoms with Gasteiger partial charge in [0, 0.05) is 9.80 Å². The van der Waals surface area contributed by atoms with E-state index in [2.05, 4.69) is 31.9 Å². The Balaban J connectivity index is 2.73. The van der Waals surface area contributed by atoms with Crippen LogP contribution in [-0.2, 0) is 15.1 Å². The Bertz CT molecular complexity index is 411. The summed E-state index contributed by atoms with van der Waals surface area (Å²) in [5.41, 5.74) is 1.01. The molecule has 0 fully saturated rings. The molecule has 94 valence electrons. The Morgan fingerprint density at radius 3 is 2.47 bits per heavy atom. The van der Waals surface area contributed by atoms with Crippen LogP contribution in [0.5, 0.6) is 0 Å². The minimum absolute atomic E-state index is 0.450. The predicted octanol–water partition coefficient (Wildman–Crippen LogP) is 4.23. The molecule has 0 aliphatic heterocycles. The van der Waals surface area contributed by atoms with E-state index in [1.54, 1.807) is 12.1 Å². The van der Waals surface area contributed by atoms with E-state index in [-0.39, 0.29) is 0 Å². The van der Waals surface area contributed by atoms with Crippen LogP contribution in [0, 0.1) is 0 Å². The summed E-state index contributed by atoms with van der Waals surface area (Å²) in [6, 6.07) is 5.27. The maximum absolute atomic E-state index is 11.7. The molecule has 1 aromatic carbocycles. The van der Waals surface area contributed by atoms with Crippen LogP contribution in [0.1, 0.15) is 36.7 Å². The number of halogens is 2. The third-order valence-corrected chi connectivity index (χ3v) is 3.14. The van der Waals surface area contributed by atoms with Gasteiger partial charge in [-0.1, -0.05) is 37.9 Å². The van der Waals surface area contributed by atoms with Crippen molar-refractivity contribution in [1.82, 2.24) is 0 Å². The van der Waals surface area contributed by atoms with E-state index in [1.807, 2.05) is 26.8 Å². The quantitative estimate of drug-likeness (QED) is 0.456. The van der Waals surface area contributed by atoms with Crippen LogP contribution in [0.3, 0.4) is 0 Å². The fourth-order valence-corrected chi connectivity index (χ4v) is 2.38. The van der Waals surface area contributed by atoms with E-state index in [4.69, 9.17) is 9.78 Å². The van der Waals surface area contributed by atoms with Gasteiger partial charge >= 0.3 is 5.97 Å². The minimum Gasteiger partial charge on any atom is -0.292 e. The molecule has 0 saturated heterocycles. The SMILES string of the molecule is CC(C)(C)OOC(=O)c1ccc(CBr)c(Br)c1. The van der Waals surface area contributed by atoms with E-state index in [0.29, 0.717) is 5.56 Å². The van der Waals surface area contributed by atoms with Crippen LogP contribution in [0.2, 0.25) is 0 Å². The van der Waals surface area contributed by atoms with Crippen molar-refractivity contribution < 1.29 is 14.6 Å². The maximum Gasteiger partial charge on any atom is 0.373 e. The van der Waals surface area contributed by atoms with Crippen molar-refractivity contribution in [1.29, 1.82) is 0 Å². The number of hydrogen-bond acceptors (Lipinski definition) is 3. The summed E-state index contributed by atoms with van der Waals surface area (Å²) in [5, 5.41) is 0.724. The first-order valence-corrected chi connectivity index (χ1v) is 6.99. The van der Waals surface area contributed by atoms with E-state index >= 15 is 0 Å². The van der Waals surface area contributed by atoms with Crippen LogP contribution in [0.15, 0.2) is 22.7 Å². The number of hydrogen-bond donors (Lipinski definition) is 0. The molecule has 1 rings (SSSR count). The molecule has 0 radical (unpaired) electrons. The fourth-order valence-electron chi connectivity index (χ4n) is 0.994. The molecule has 0 N–H and O–H groups in total. The van der Waals surface area contributed by atoms with Gasteiger partial charge in [-0.3, -0.25) is 4.89 Å². The summed E-state index contributed by atoms with van der Waals surface area (Å²) in [5.74, 6) is -0.498. The number of benzene rings is 1. The van der Waals surface area contributed by atoms with Crippen molar-refractivity contribution in [3.63, 3.8) is 0 Å². The van der Waals surface area contributed by atoms with Crippen molar-refractivity contribution in [3.8, 4) is 0 Å². The van der Waals surface area contributed by atoms with Crippen LogP contribution >= 0.6 is 31.9 Å². The Morgan fingerprint density at radius 2 is 2.00 bits per heavy atom. The molecule has 0 bridgehead atoms. The molecule has 5 heteroatoms. The van der Waals surface area contributed by atoms with E-state index < -0.39 is 11.6 Å². The van der Waals surface area contributed by atoms with Crippen molar-refractivity contribution in [3.05, 3.63) is 33.8 Å². The maximum atomic E-state index is 11.7. The predicted molar refractivity (Wildman–Crippen MR) is 73.0 cm³/mol. The first-order chi connectivity index (χ1) is 7.83. The molecule has 0 saturated carbocycles. The lowest BCUT2D eigenvalue weighted by atomic mass is 10.1. The highest BCUT2D eigenvalue weighted by atomic mass is 79.9. The number of rotatable bonds is 3. The van der Waals surface area contributed by atoms with Crippen LogP contribution < -0.4 is 0 Å². The number of alkyl halides is 1. The summed E-state index contributed by atoms with van der Waals surface area (Å²) < 4.78 is 0.861. The minimum atomic E-state index is -0.511. The van der Waals surface area contributed by atoms with E-state index in [1.165, 1.54) is 0 Å². The van der Waals surface area contributed by atoms with Gasteiger partial charge in [-0.15, -0.1) is 0 Å². The largest absolute Gasteiger partial charge is 0.373 e. The molecule has 1 aromatic rings. The summed E-state index contributed by atoms with van der Waals surface area (Å²) in [7, 11) is 0. The Labute approximate surface area is 118 Å². The van der Waals surface area contributed by atoms with Gasteiger partial charge in [-0.05, 0) is 38.5 Å². The zero-order chi connectivity index (χ0) is 13.1. The molecule has 0 aromatic heterocycles. The highest BCUT2D eigenvalue weighted by Gasteiger charge is 2.17. The molecule has 0 aliphatic carbocycles. The second-order valence-corrected chi connectivity index (χ2v) is 5.92. The van der Waals surface area contributed by atoms with Gasteiger partial charge in [0.25, 0.3) is 0 Å². The smallest absolute Gasteiger partial charge is 0.292 e. The first kappa shape index (κ1) is 14.7. The zero-order valence-electron chi connectivity index (χ0n) is 9.92. The van der Waals surface area contributed by atoms with E-state index in [0.717, 1.165) is 15.4 Å². The summed E-state index contributed by atoms with van der Waals surface area (Å²) in [6.07, 6.45) is 0. The van der Waals surface area contributed by atoms with Crippen molar-refractivity contribution in [2.75, 3.05) is 0 Å². The summed E-state index contributed by atoms with van der Waals surface area (Å²) in [6.45, 7) is 5.43. The van der Waals surface area contributed by atoms with Gasteiger partial charge in [0.15, 0.2) is 0 Å². The molecular weight excluding hydrogens is 352 g/mol. The van der Waals surface area contributed by atoms with Gasteiger partial charge in [-0.2, -0.15) is 4.89 Å². The Kier molecular flexibility index (Phi) is 5.16. The monoisotopic (exact) mass is 364 g/mol. The second-order valence-electron chi connectivity index (χ2n) is 4.51. The molecular formula is C12H14Br2O3. The van der Waals surface area contributed by atoms with Gasteiger partial charge < -0.3 is 0 Å². The summed E-state index contributed by atoms with van der Waals surface area (Å²) >= 11 is 6.74. The lowest BCUT2D eigenvalue weighted by Crippen LogP contribution is -2.21. The third-order valence-electron chi connectivity index (χ3n) is 1.80. The van der Waals surface area contributed by atoms with Crippen LogP contribution in [0.25, 0.3) is 0 Å². The van der Waals surface area contributed by atoms with Gasteiger partial charge in [-0.25, -0.2) is 4.79 Å². The Hall–Kier alpha value is -0.390. The van der Waals surface area contributed by atoms with Crippen LogP contribution in [0.4, 0.5) is 0 Å². The molecule has 0 heterocycles. The fraction of sp³-hybridized carbons (Fsp3) is 0.417. The molecule has 0 atom stereocenters. The lowest BCUT2D eigenvalue weighted by molar-refractivity contribution is -0.301. The average Bonchev–Trinajstić information content (AvgIpc) is 2.24. The highest BCUT2D eigenvalue weighted by molar-refractivity contribution is 9.10. The van der Waals surface area contributed by atoms with Gasteiger partial charge in [0.1, 0.15) is 5.60 Å². The topological polar surface area (TPSA) is 35.5 Å². The number of carbonyl (C=O) groups excluding carboxylic acids is 1. The number of carbonyl (C=O) groups is 1. The first-order valence-electron chi connectivity index (χ1n) is 5.08. The zero-order valence-corrected chi connectivity index (χ0v) is 13.1. The molecule has 3 nitrogen and oxygen atoms in total. The second kappa shape index (κ2) is 5.98. The average molecular weight is 366 g/mol. The van der Waals surface area contributed by atoms with Gasteiger partial charge in [0.2, 0.25) is 0 Å². The molecule has 0 aliphatic rings.